The maximum Gasteiger partial charge on any atom is 0.104 e. The lowest BCUT2D eigenvalue weighted by atomic mass is 9.98. The zero-order valence-corrected chi connectivity index (χ0v) is 5.38. The van der Waals surface area contributed by atoms with Gasteiger partial charge >= 0.3 is 0 Å². The van der Waals surface area contributed by atoms with Gasteiger partial charge in [0.1, 0.15) is 6.10 Å². The highest BCUT2D eigenvalue weighted by molar-refractivity contribution is 4.80. The molecular weight excluding hydrogens is 116 g/mol. The van der Waals surface area contributed by atoms with Gasteiger partial charge in [-0.2, -0.15) is 0 Å². The van der Waals surface area contributed by atoms with E-state index < -0.39 is 6.10 Å². The first-order valence-electron chi connectivity index (χ1n) is 3.19. The lowest BCUT2D eigenvalue weighted by Gasteiger charge is -2.28. The number of rotatable bonds is 3. The second-order valence-corrected chi connectivity index (χ2v) is 2.36. The third-order valence-electron chi connectivity index (χ3n) is 1.59. The molecule has 1 aliphatic heterocycles. The van der Waals surface area contributed by atoms with E-state index in [1.54, 1.807) is 6.08 Å². The predicted octanol–water partition coefficient (Wildman–Crippen LogP) is 1.01. The molecule has 0 spiro atoms. The van der Waals surface area contributed by atoms with Crippen molar-refractivity contribution in [1.82, 2.24) is 0 Å². The summed E-state index contributed by atoms with van der Waals surface area (Å²) < 4.78 is 4.87. The summed E-state index contributed by atoms with van der Waals surface area (Å²) in [5.41, 5.74) is 0. The monoisotopic (exact) mass is 127 g/mol. The molecule has 1 aliphatic rings. The molecule has 9 heavy (non-hydrogen) atoms. The second kappa shape index (κ2) is 2.99. The molecule has 1 unspecified atom stereocenters. The van der Waals surface area contributed by atoms with Crippen LogP contribution >= 0.6 is 0 Å². The molecule has 1 radical (unpaired) electrons. The minimum atomic E-state index is -0.476. The van der Waals surface area contributed by atoms with E-state index in [1.807, 2.05) is 0 Å². The van der Waals surface area contributed by atoms with Gasteiger partial charge in [0, 0.05) is 5.92 Å². The van der Waals surface area contributed by atoms with E-state index in [4.69, 9.17) is 4.74 Å². The zero-order chi connectivity index (χ0) is 6.69. The zero-order valence-electron chi connectivity index (χ0n) is 5.38. The minimum Gasteiger partial charge on any atom is -0.380 e. The minimum absolute atomic E-state index is 0.253. The van der Waals surface area contributed by atoms with Gasteiger partial charge in [-0.25, -0.2) is 5.11 Å². The van der Waals surface area contributed by atoms with Crippen LogP contribution in [-0.4, -0.2) is 19.3 Å². The van der Waals surface area contributed by atoms with Crippen molar-refractivity contribution < 1.29 is 9.84 Å². The molecule has 2 nitrogen and oxygen atoms in total. The molecule has 1 rings (SSSR count). The van der Waals surface area contributed by atoms with E-state index in [0.29, 0.717) is 19.6 Å². The normalized spacial score (nSPS) is 22.8. The van der Waals surface area contributed by atoms with Crippen LogP contribution in [-0.2, 0) is 9.84 Å². The van der Waals surface area contributed by atoms with Crippen LogP contribution in [0.25, 0.3) is 0 Å². The van der Waals surface area contributed by atoms with Gasteiger partial charge in [-0.3, -0.25) is 0 Å². The fraction of sp³-hybridized carbons (Fsp3) is 0.714. The number of hydrogen-bond acceptors (Lipinski definition) is 1. The molecule has 0 aliphatic carbocycles. The molecular formula is C7H11O2. The van der Waals surface area contributed by atoms with E-state index in [2.05, 4.69) is 6.58 Å². The first kappa shape index (κ1) is 6.78. The Bertz CT molecular complexity index is 97.1. The van der Waals surface area contributed by atoms with Gasteiger partial charge in [-0.05, 0) is 6.42 Å². The summed E-state index contributed by atoms with van der Waals surface area (Å²) in [7, 11) is 0. The van der Waals surface area contributed by atoms with Crippen molar-refractivity contribution in [2.45, 2.75) is 12.5 Å². The van der Waals surface area contributed by atoms with E-state index in [9.17, 15) is 5.11 Å². The van der Waals surface area contributed by atoms with Crippen molar-refractivity contribution in [3.8, 4) is 0 Å². The summed E-state index contributed by atoms with van der Waals surface area (Å²) in [6.07, 6.45) is 1.78. The van der Waals surface area contributed by atoms with Gasteiger partial charge < -0.3 is 4.74 Å². The second-order valence-electron chi connectivity index (χ2n) is 2.36. The maximum atomic E-state index is 11.0. The summed E-state index contributed by atoms with van der Waals surface area (Å²) >= 11 is 0. The third kappa shape index (κ3) is 1.53. The van der Waals surface area contributed by atoms with Crippen molar-refractivity contribution in [3.63, 3.8) is 0 Å². The molecule has 0 saturated carbocycles. The van der Waals surface area contributed by atoms with Crippen LogP contribution in [0.5, 0.6) is 0 Å². The van der Waals surface area contributed by atoms with Crippen LogP contribution in [0, 0.1) is 5.92 Å². The molecule has 0 aromatic carbocycles. The summed E-state index contributed by atoms with van der Waals surface area (Å²) in [6.45, 7) is 4.81. The lowest BCUT2D eigenvalue weighted by Crippen LogP contribution is -2.36. The third-order valence-corrected chi connectivity index (χ3v) is 1.59. The quantitative estimate of drug-likeness (QED) is 0.520. The summed E-state index contributed by atoms with van der Waals surface area (Å²) in [4.78, 5) is 0. The smallest absolute Gasteiger partial charge is 0.104 e. The topological polar surface area (TPSA) is 29.1 Å². The molecule has 2 heteroatoms. The van der Waals surface area contributed by atoms with Crippen LogP contribution in [0.15, 0.2) is 12.7 Å². The van der Waals surface area contributed by atoms with Crippen molar-refractivity contribution in [3.05, 3.63) is 12.7 Å². The van der Waals surface area contributed by atoms with Crippen molar-refractivity contribution in [2.75, 3.05) is 13.2 Å². The largest absolute Gasteiger partial charge is 0.380 e. The molecule has 1 fully saturated rings. The first-order valence-corrected chi connectivity index (χ1v) is 3.19. The average Bonchev–Trinajstić information content (AvgIpc) is 1.60. The summed E-state index contributed by atoms with van der Waals surface area (Å²) in [5, 5.41) is 11.0. The Kier molecular flexibility index (Phi) is 2.25. The van der Waals surface area contributed by atoms with E-state index in [-0.39, 0.29) is 5.92 Å². The van der Waals surface area contributed by atoms with E-state index in [1.165, 1.54) is 0 Å². The molecule has 1 saturated heterocycles. The van der Waals surface area contributed by atoms with Gasteiger partial charge in [0.05, 0.1) is 13.2 Å². The average molecular weight is 127 g/mol. The number of hydrogen-bond donors (Lipinski definition) is 0. The van der Waals surface area contributed by atoms with Crippen molar-refractivity contribution >= 4 is 0 Å². The molecule has 0 amide bonds. The maximum absolute atomic E-state index is 11.0. The Hall–Kier alpha value is -0.340. The molecule has 51 valence electrons. The highest BCUT2D eigenvalue weighted by Gasteiger charge is 2.26. The highest BCUT2D eigenvalue weighted by atomic mass is 16.5. The highest BCUT2D eigenvalue weighted by Crippen LogP contribution is 2.17. The Morgan fingerprint density at radius 3 is 2.78 bits per heavy atom. The Labute approximate surface area is 55.1 Å². The molecule has 0 bridgehead atoms. The van der Waals surface area contributed by atoms with Crippen LogP contribution in [0.3, 0.4) is 0 Å². The van der Waals surface area contributed by atoms with Gasteiger partial charge in [0.15, 0.2) is 0 Å². The number of ether oxygens (including phenoxy) is 1. The lowest BCUT2D eigenvalue weighted by molar-refractivity contribution is -0.109. The molecule has 0 N–H and O–H groups in total. The Morgan fingerprint density at radius 2 is 2.44 bits per heavy atom. The van der Waals surface area contributed by atoms with Crippen LogP contribution in [0.1, 0.15) is 6.42 Å². The van der Waals surface area contributed by atoms with E-state index in [0.717, 1.165) is 0 Å². The molecule has 0 aromatic rings. The summed E-state index contributed by atoms with van der Waals surface area (Å²) in [5.74, 6) is 0.253. The predicted molar refractivity (Wildman–Crippen MR) is 33.6 cm³/mol. The van der Waals surface area contributed by atoms with Gasteiger partial charge in [-0.15, -0.1) is 6.58 Å². The van der Waals surface area contributed by atoms with Crippen molar-refractivity contribution in [2.24, 2.45) is 5.92 Å². The Balaban J connectivity index is 2.15. The van der Waals surface area contributed by atoms with Gasteiger partial charge in [0.25, 0.3) is 0 Å². The molecule has 1 heterocycles. The fourth-order valence-electron chi connectivity index (χ4n) is 0.825. The van der Waals surface area contributed by atoms with Crippen LogP contribution in [0.4, 0.5) is 0 Å². The van der Waals surface area contributed by atoms with Gasteiger partial charge in [-0.1, -0.05) is 6.08 Å². The SMILES string of the molecule is C=CCC([O])C1COC1. The van der Waals surface area contributed by atoms with Crippen LogP contribution in [0.2, 0.25) is 0 Å². The fourth-order valence-corrected chi connectivity index (χ4v) is 0.825. The van der Waals surface area contributed by atoms with Crippen LogP contribution < -0.4 is 0 Å². The Morgan fingerprint density at radius 1 is 1.78 bits per heavy atom. The molecule has 0 aromatic heterocycles. The van der Waals surface area contributed by atoms with Gasteiger partial charge in [0.2, 0.25) is 0 Å². The first-order chi connectivity index (χ1) is 4.34. The van der Waals surface area contributed by atoms with Crippen molar-refractivity contribution in [1.29, 1.82) is 0 Å². The summed E-state index contributed by atoms with van der Waals surface area (Å²) in [6, 6.07) is 0. The van der Waals surface area contributed by atoms with E-state index >= 15 is 0 Å². The molecule has 1 atom stereocenters. The standard InChI is InChI=1S/C7H11O2/c1-2-3-7(8)6-4-9-5-6/h2,6-7H,1,3-5H2.